The van der Waals surface area contributed by atoms with Gasteiger partial charge in [-0.15, -0.1) is 0 Å². The largest absolute Gasteiger partial charge is 0.341 e. The second-order valence-electron chi connectivity index (χ2n) is 5.09. The Labute approximate surface area is 145 Å². The van der Waals surface area contributed by atoms with Crippen molar-refractivity contribution in [2.75, 3.05) is 12.4 Å². The number of nitrogens with zero attached hydrogens (tertiary/aromatic N) is 1. The van der Waals surface area contributed by atoms with Crippen LogP contribution in [0.15, 0.2) is 48.5 Å². The smallest absolute Gasteiger partial charge is 0.233 e. The van der Waals surface area contributed by atoms with E-state index in [-0.39, 0.29) is 12.3 Å². The topological polar surface area (TPSA) is 49.4 Å². The zero-order valence-electron chi connectivity index (χ0n) is 12.6. The van der Waals surface area contributed by atoms with Gasteiger partial charge in [0.25, 0.3) is 0 Å². The third-order valence-corrected chi connectivity index (χ3v) is 3.94. The van der Waals surface area contributed by atoms with Crippen molar-refractivity contribution in [3.8, 4) is 0 Å². The summed E-state index contributed by atoms with van der Waals surface area (Å²) in [4.78, 5) is 25.5. The summed E-state index contributed by atoms with van der Waals surface area (Å²) < 4.78 is 0. The Hall–Kier alpha value is -2.04. The van der Waals surface area contributed by atoms with Gasteiger partial charge < -0.3 is 10.2 Å². The minimum atomic E-state index is -0.395. The average Bonchev–Trinajstić information content (AvgIpc) is 2.51. The molecule has 2 amide bonds. The summed E-state index contributed by atoms with van der Waals surface area (Å²) in [5, 5.41) is 3.38. The normalized spacial score (nSPS) is 10.2. The van der Waals surface area contributed by atoms with Crippen LogP contribution in [0.5, 0.6) is 0 Å². The highest BCUT2D eigenvalue weighted by atomic mass is 35.5. The Morgan fingerprint density at radius 2 is 1.74 bits per heavy atom. The first-order chi connectivity index (χ1) is 11.0. The van der Waals surface area contributed by atoms with Gasteiger partial charge in [-0.1, -0.05) is 53.5 Å². The number of rotatable bonds is 5. The first-order valence-corrected chi connectivity index (χ1v) is 7.74. The molecule has 120 valence electrons. The molecule has 6 heteroatoms. The van der Waals surface area contributed by atoms with Crippen LogP contribution in [0, 0.1) is 0 Å². The number of amides is 2. The van der Waals surface area contributed by atoms with Crippen LogP contribution < -0.4 is 5.32 Å². The Morgan fingerprint density at radius 1 is 1.04 bits per heavy atom. The van der Waals surface area contributed by atoms with Gasteiger partial charge >= 0.3 is 0 Å². The van der Waals surface area contributed by atoms with Gasteiger partial charge in [-0.3, -0.25) is 9.59 Å². The molecule has 0 aromatic heterocycles. The molecule has 0 heterocycles. The lowest BCUT2D eigenvalue weighted by Crippen LogP contribution is -2.30. The predicted molar refractivity (Wildman–Crippen MR) is 92.6 cm³/mol. The summed E-state index contributed by atoms with van der Waals surface area (Å²) in [5.74, 6) is -0.653. The van der Waals surface area contributed by atoms with Gasteiger partial charge in [-0.05, 0) is 23.8 Å². The molecule has 0 unspecified atom stereocenters. The monoisotopic (exact) mass is 350 g/mol. The lowest BCUT2D eigenvalue weighted by Gasteiger charge is -2.17. The Morgan fingerprint density at radius 3 is 2.39 bits per heavy atom. The Bertz CT molecular complexity index is 705. The summed E-state index contributed by atoms with van der Waals surface area (Å²) in [6.45, 7) is 0.458. The van der Waals surface area contributed by atoms with E-state index in [1.54, 1.807) is 25.2 Å². The zero-order valence-corrected chi connectivity index (χ0v) is 14.1. The molecule has 0 radical (unpaired) electrons. The number of anilines is 1. The third kappa shape index (κ3) is 5.27. The fraction of sp³-hybridized carbons (Fsp3) is 0.176. The van der Waals surface area contributed by atoms with Crippen molar-refractivity contribution in [2.45, 2.75) is 13.0 Å². The highest BCUT2D eigenvalue weighted by Gasteiger charge is 2.14. The van der Waals surface area contributed by atoms with Gasteiger partial charge in [-0.25, -0.2) is 0 Å². The van der Waals surface area contributed by atoms with E-state index in [4.69, 9.17) is 23.2 Å². The zero-order chi connectivity index (χ0) is 16.8. The molecule has 2 aromatic rings. The molecule has 0 bridgehead atoms. The maximum atomic E-state index is 12.1. The van der Waals surface area contributed by atoms with Gasteiger partial charge in [0.05, 0.1) is 10.0 Å². The quantitative estimate of drug-likeness (QED) is 0.829. The van der Waals surface area contributed by atoms with Crippen LogP contribution >= 0.6 is 23.2 Å². The van der Waals surface area contributed by atoms with E-state index in [1.165, 1.54) is 4.90 Å². The molecule has 0 spiro atoms. The van der Waals surface area contributed by atoms with Crippen LogP contribution in [0.25, 0.3) is 0 Å². The van der Waals surface area contributed by atoms with Gasteiger partial charge in [-0.2, -0.15) is 0 Å². The predicted octanol–water partition coefficient (Wildman–Crippen LogP) is 3.98. The second-order valence-corrected chi connectivity index (χ2v) is 5.90. The van der Waals surface area contributed by atoms with Crippen molar-refractivity contribution in [3.05, 3.63) is 64.1 Å². The molecule has 2 rings (SSSR count). The standard InChI is InChI=1S/C17H16Cl2N2O2/c1-21(11-12-5-3-2-4-6-12)17(23)10-16(22)20-13-7-8-14(18)15(19)9-13/h2-9H,10-11H2,1H3,(H,20,22). The Balaban J connectivity index is 1.88. The van der Waals surface area contributed by atoms with Crippen molar-refractivity contribution in [3.63, 3.8) is 0 Å². The van der Waals surface area contributed by atoms with E-state index in [0.717, 1.165) is 5.56 Å². The summed E-state index contributed by atoms with van der Waals surface area (Å²) in [6.07, 6.45) is -0.233. The van der Waals surface area contributed by atoms with Crippen molar-refractivity contribution in [1.29, 1.82) is 0 Å². The minimum absolute atomic E-state index is 0.233. The van der Waals surface area contributed by atoms with Crippen molar-refractivity contribution >= 4 is 40.7 Å². The van der Waals surface area contributed by atoms with Gasteiger partial charge in [0.2, 0.25) is 11.8 Å². The van der Waals surface area contributed by atoms with Crippen molar-refractivity contribution < 1.29 is 9.59 Å². The molecule has 0 aliphatic heterocycles. The summed E-state index contributed by atoms with van der Waals surface area (Å²) in [7, 11) is 1.67. The lowest BCUT2D eigenvalue weighted by molar-refractivity contribution is -0.133. The first kappa shape index (κ1) is 17.3. The number of halogens is 2. The maximum absolute atomic E-state index is 12.1. The summed E-state index contributed by atoms with van der Waals surface area (Å²) >= 11 is 11.7. The molecular formula is C17H16Cl2N2O2. The number of hydrogen-bond donors (Lipinski definition) is 1. The fourth-order valence-corrected chi connectivity index (χ4v) is 2.29. The van der Waals surface area contributed by atoms with E-state index < -0.39 is 5.91 Å². The molecular weight excluding hydrogens is 335 g/mol. The van der Waals surface area contributed by atoms with Gasteiger partial charge in [0, 0.05) is 19.3 Å². The van der Waals surface area contributed by atoms with Crippen LogP contribution in [0.3, 0.4) is 0 Å². The van der Waals surface area contributed by atoms with Gasteiger partial charge in [0.15, 0.2) is 0 Å². The van der Waals surface area contributed by atoms with Crippen LogP contribution in [0.4, 0.5) is 5.69 Å². The van der Waals surface area contributed by atoms with E-state index in [9.17, 15) is 9.59 Å². The van der Waals surface area contributed by atoms with Crippen LogP contribution in [0.2, 0.25) is 10.0 Å². The second kappa shape index (κ2) is 7.99. The molecule has 4 nitrogen and oxygen atoms in total. The van der Waals surface area contributed by atoms with Gasteiger partial charge in [0.1, 0.15) is 6.42 Å². The molecule has 0 aliphatic rings. The van der Waals surface area contributed by atoms with E-state index in [0.29, 0.717) is 22.3 Å². The van der Waals surface area contributed by atoms with Crippen LogP contribution in [-0.4, -0.2) is 23.8 Å². The SMILES string of the molecule is CN(Cc1ccccc1)C(=O)CC(=O)Nc1ccc(Cl)c(Cl)c1. The molecule has 0 saturated carbocycles. The fourth-order valence-electron chi connectivity index (χ4n) is 2.00. The lowest BCUT2D eigenvalue weighted by atomic mass is 10.2. The van der Waals surface area contributed by atoms with Crippen LogP contribution in [0.1, 0.15) is 12.0 Å². The molecule has 0 saturated heterocycles. The number of benzene rings is 2. The van der Waals surface area contributed by atoms with Crippen molar-refractivity contribution in [1.82, 2.24) is 4.90 Å². The highest BCUT2D eigenvalue weighted by molar-refractivity contribution is 6.42. The van der Waals surface area contributed by atoms with E-state index in [2.05, 4.69) is 5.32 Å². The molecule has 0 fully saturated rings. The molecule has 0 aliphatic carbocycles. The molecule has 0 atom stereocenters. The molecule has 2 aromatic carbocycles. The first-order valence-electron chi connectivity index (χ1n) is 6.98. The third-order valence-electron chi connectivity index (χ3n) is 3.20. The summed E-state index contributed by atoms with van der Waals surface area (Å²) in [6, 6.07) is 14.3. The highest BCUT2D eigenvalue weighted by Crippen LogP contribution is 2.25. The van der Waals surface area contributed by atoms with Crippen molar-refractivity contribution in [2.24, 2.45) is 0 Å². The number of nitrogens with one attached hydrogen (secondary N) is 1. The summed E-state index contributed by atoms with van der Waals surface area (Å²) in [5.41, 5.74) is 1.51. The minimum Gasteiger partial charge on any atom is -0.341 e. The number of carbonyl (C=O) groups is 2. The average molecular weight is 351 g/mol. The Kier molecular flexibility index (Phi) is 6.02. The number of carbonyl (C=O) groups excluding carboxylic acids is 2. The maximum Gasteiger partial charge on any atom is 0.233 e. The molecule has 23 heavy (non-hydrogen) atoms. The van der Waals surface area contributed by atoms with E-state index in [1.807, 2.05) is 30.3 Å². The molecule has 1 N–H and O–H groups in total. The van der Waals surface area contributed by atoms with E-state index >= 15 is 0 Å². The number of hydrogen-bond acceptors (Lipinski definition) is 2. The van der Waals surface area contributed by atoms with Crippen LogP contribution in [-0.2, 0) is 16.1 Å².